The van der Waals surface area contributed by atoms with Gasteiger partial charge in [0, 0.05) is 38.5 Å². The molecule has 0 saturated carbocycles. The lowest BCUT2D eigenvalue weighted by Gasteiger charge is -2.47. The van der Waals surface area contributed by atoms with Crippen LogP contribution >= 0.6 is 0 Å². The van der Waals surface area contributed by atoms with Gasteiger partial charge in [0.05, 0.1) is 25.2 Å². The van der Waals surface area contributed by atoms with Crippen molar-refractivity contribution in [3.05, 3.63) is 71.8 Å². The summed E-state index contributed by atoms with van der Waals surface area (Å²) in [5.74, 6) is -0.777. The van der Waals surface area contributed by atoms with E-state index in [1.54, 1.807) is 6.92 Å². The van der Waals surface area contributed by atoms with Gasteiger partial charge < -0.3 is 24.4 Å². The molecule has 2 aromatic rings. The van der Waals surface area contributed by atoms with Crippen LogP contribution in [0.5, 0.6) is 0 Å². The molecule has 7 heteroatoms. The van der Waals surface area contributed by atoms with Crippen LogP contribution in [0.2, 0.25) is 0 Å². The third-order valence-corrected chi connectivity index (χ3v) is 9.33. The number of carbonyl (C=O) groups is 2. The van der Waals surface area contributed by atoms with Gasteiger partial charge in [0.25, 0.3) is 0 Å². The Balaban J connectivity index is 1.43. The van der Waals surface area contributed by atoms with Gasteiger partial charge >= 0.3 is 11.9 Å². The first-order valence-electron chi connectivity index (χ1n) is 15.1. The summed E-state index contributed by atoms with van der Waals surface area (Å²) < 4.78 is 19.8. The Kier molecular flexibility index (Phi) is 8.64. The van der Waals surface area contributed by atoms with Crippen molar-refractivity contribution in [3.8, 4) is 0 Å². The van der Waals surface area contributed by atoms with Crippen molar-refractivity contribution in [2.24, 2.45) is 11.7 Å². The van der Waals surface area contributed by atoms with Crippen molar-refractivity contribution >= 4 is 11.9 Å². The number of hydrogen-bond donors (Lipinski definition) is 1. The number of benzene rings is 2. The van der Waals surface area contributed by atoms with Crippen LogP contribution in [0.25, 0.3) is 0 Å². The van der Waals surface area contributed by atoms with Gasteiger partial charge in [-0.3, -0.25) is 4.79 Å². The summed E-state index contributed by atoms with van der Waals surface area (Å²) in [5.41, 5.74) is 5.74. The Morgan fingerprint density at radius 1 is 0.900 bits per heavy atom. The molecule has 2 unspecified atom stereocenters. The highest BCUT2D eigenvalue weighted by atomic mass is 16.7. The number of ether oxygens (including phenoxy) is 3. The lowest BCUT2D eigenvalue weighted by Crippen LogP contribution is -2.60. The predicted molar refractivity (Wildman–Crippen MR) is 153 cm³/mol. The summed E-state index contributed by atoms with van der Waals surface area (Å²) in [6, 6.07) is 19.1. The zero-order valence-electron chi connectivity index (χ0n) is 24.2. The molecule has 3 heterocycles. The van der Waals surface area contributed by atoms with Crippen LogP contribution < -0.4 is 5.73 Å². The van der Waals surface area contributed by atoms with Crippen LogP contribution in [0.3, 0.4) is 0 Å². The maximum atomic E-state index is 14.5. The molecule has 3 aliphatic heterocycles. The van der Waals surface area contributed by atoms with E-state index in [4.69, 9.17) is 19.9 Å². The summed E-state index contributed by atoms with van der Waals surface area (Å²) in [5, 5.41) is 0. The minimum atomic E-state index is -1.61. The molecule has 1 spiro atoms. The van der Waals surface area contributed by atoms with E-state index in [1.807, 2.05) is 74.5 Å². The third kappa shape index (κ3) is 5.56. The number of hydrogen-bond acceptors (Lipinski definition) is 6. The normalized spacial score (nSPS) is 25.1. The molecule has 7 nitrogen and oxygen atoms in total. The van der Waals surface area contributed by atoms with Gasteiger partial charge in [-0.05, 0) is 30.4 Å². The SMILES string of the molecule is CC(C)C[C@H](N)C(=O)O[C@H](C)OC(C(=O)OC1CC2CCC(C1)[N+]21CCCC1)(c1ccccc1)c1ccccc1. The van der Waals surface area contributed by atoms with Crippen LogP contribution in [0, 0.1) is 5.92 Å². The summed E-state index contributed by atoms with van der Waals surface area (Å²) in [6.45, 7) is 8.17. The molecule has 5 rings (SSSR count). The van der Waals surface area contributed by atoms with Crippen LogP contribution in [0.15, 0.2) is 60.7 Å². The average Bonchev–Trinajstić information content (AvgIpc) is 3.48. The Labute approximate surface area is 238 Å². The first-order chi connectivity index (χ1) is 19.2. The number of carbonyl (C=O) groups excluding carboxylic acids is 2. The molecule has 0 amide bonds. The lowest BCUT2D eigenvalue weighted by molar-refractivity contribution is -0.956. The Bertz CT molecular complexity index is 1090. The monoisotopic (exact) mass is 549 g/mol. The number of rotatable bonds is 10. The highest BCUT2D eigenvalue weighted by Gasteiger charge is 2.57. The molecule has 3 aliphatic rings. The van der Waals surface area contributed by atoms with Gasteiger partial charge in [0.2, 0.25) is 11.9 Å². The minimum absolute atomic E-state index is 0.165. The smallest absolute Gasteiger partial charge is 0.348 e. The summed E-state index contributed by atoms with van der Waals surface area (Å²) in [4.78, 5) is 27.3. The molecule has 2 N–H and O–H groups in total. The molecular formula is C33H45N2O5+. The van der Waals surface area contributed by atoms with E-state index >= 15 is 0 Å². The molecule has 0 aromatic heterocycles. The number of piperidine rings is 1. The van der Waals surface area contributed by atoms with Gasteiger partial charge in [-0.2, -0.15) is 0 Å². The fourth-order valence-electron chi connectivity index (χ4n) is 7.60. The van der Waals surface area contributed by atoms with E-state index in [-0.39, 0.29) is 12.0 Å². The summed E-state index contributed by atoms with van der Waals surface area (Å²) in [7, 11) is 0. The van der Waals surface area contributed by atoms with Crippen molar-refractivity contribution in [3.63, 3.8) is 0 Å². The summed E-state index contributed by atoms with van der Waals surface area (Å²) in [6.07, 6.45) is 6.08. The van der Waals surface area contributed by atoms with Crippen molar-refractivity contribution in [2.45, 2.75) is 102 Å². The fourth-order valence-corrected chi connectivity index (χ4v) is 7.60. The topological polar surface area (TPSA) is 87.9 Å². The molecule has 3 fully saturated rings. The molecule has 2 bridgehead atoms. The van der Waals surface area contributed by atoms with Crippen molar-refractivity contribution < 1.29 is 28.3 Å². The van der Waals surface area contributed by atoms with E-state index < -0.39 is 29.9 Å². The zero-order valence-corrected chi connectivity index (χ0v) is 24.2. The maximum Gasteiger partial charge on any atom is 0.348 e. The lowest BCUT2D eigenvalue weighted by atomic mass is 9.85. The van der Waals surface area contributed by atoms with E-state index in [0.717, 1.165) is 12.8 Å². The Morgan fingerprint density at radius 3 is 1.93 bits per heavy atom. The largest absolute Gasteiger partial charge is 0.459 e. The van der Waals surface area contributed by atoms with Crippen LogP contribution in [-0.4, -0.2) is 60.0 Å². The number of nitrogens with two attached hydrogens (primary N) is 1. The van der Waals surface area contributed by atoms with E-state index in [0.29, 0.717) is 29.6 Å². The van der Waals surface area contributed by atoms with Gasteiger partial charge in [-0.25, -0.2) is 4.79 Å². The predicted octanol–water partition coefficient (Wildman–Crippen LogP) is 5.06. The first-order valence-corrected chi connectivity index (χ1v) is 15.1. The Morgan fingerprint density at radius 2 is 1.43 bits per heavy atom. The van der Waals surface area contributed by atoms with Crippen molar-refractivity contribution in [1.29, 1.82) is 0 Å². The minimum Gasteiger partial charge on any atom is -0.459 e. The molecule has 40 heavy (non-hydrogen) atoms. The highest BCUT2D eigenvalue weighted by molar-refractivity contribution is 5.86. The summed E-state index contributed by atoms with van der Waals surface area (Å²) >= 11 is 0. The molecule has 0 aliphatic carbocycles. The zero-order chi connectivity index (χ0) is 28.3. The quantitative estimate of drug-likeness (QED) is 0.253. The molecule has 4 atom stereocenters. The number of quaternary nitrogens is 1. The second-order valence-corrected chi connectivity index (χ2v) is 12.4. The van der Waals surface area contributed by atoms with Crippen LogP contribution in [-0.2, 0) is 29.4 Å². The molecule has 0 radical (unpaired) electrons. The van der Waals surface area contributed by atoms with Crippen LogP contribution in [0.4, 0.5) is 0 Å². The van der Waals surface area contributed by atoms with Gasteiger partial charge in [-0.15, -0.1) is 0 Å². The average molecular weight is 550 g/mol. The second kappa shape index (κ2) is 12.0. The third-order valence-electron chi connectivity index (χ3n) is 9.33. The van der Waals surface area contributed by atoms with Crippen molar-refractivity contribution in [1.82, 2.24) is 0 Å². The number of esters is 2. The van der Waals surface area contributed by atoms with E-state index in [2.05, 4.69) is 0 Å². The van der Waals surface area contributed by atoms with Crippen LogP contribution in [0.1, 0.15) is 76.8 Å². The first kappa shape index (κ1) is 28.8. The van der Waals surface area contributed by atoms with E-state index in [9.17, 15) is 9.59 Å². The number of nitrogens with zero attached hydrogens (tertiary/aromatic N) is 1. The molecular weight excluding hydrogens is 504 g/mol. The maximum absolute atomic E-state index is 14.5. The highest BCUT2D eigenvalue weighted by Crippen LogP contribution is 2.47. The molecule has 216 valence electrons. The second-order valence-electron chi connectivity index (χ2n) is 12.4. The Hall–Kier alpha value is -2.74. The van der Waals surface area contributed by atoms with Gasteiger partial charge in [-0.1, -0.05) is 74.5 Å². The van der Waals surface area contributed by atoms with E-state index in [1.165, 1.54) is 43.3 Å². The fraction of sp³-hybridized carbons (Fsp3) is 0.576. The molecule has 2 aromatic carbocycles. The standard InChI is InChI=1S/C33H45N2O5/c1-23(2)20-30(34)31(36)38-24(3)40-33(25-12-6-4-7-13-25,26-14-8-5-9-15-26)32(37)39-29-21-27-16-17-28(22-29)35(27)18-10-11-19-35/h4-9,12-15,23-24,27-30H,10-11,16-22,34H2,1-3H3/q+1/t24-,27?,28?,29?,30-/m0/s1. The molecule has 3 saturated heterocycles. The van der Waals surface area contributed by atoms with Gasteiger partial charge in [0.1, 0.15) is 12.1 Å². The van der Waals surface area contributed by atoms with Crippen molar-refractivity contribution in [2.75, 3.05) is 13.1 Å². The van der Waals surface area contributed by atoms with Gasteiger partial charge in [0.15, 0.2) is 0 Å².